The largest absolute Gasteiger partial charge is 0.460 e. The van der Waals surface area contributed by atoms with Crippen LogP contribution in [0.4, 0.5) is 0 Å². The monoisotopic (exact) mass is 278 g/mol. The minimum absolute atomic E-state index is 0.790. The molecule has 1 rings (SSSR count). The molecule has 0 spiro atoms. The van der Waals surface area contributed by atoms with Gasteiger partial charge in [-0.1, -0.05) is 0 Å². The second kappa shape index (κ2) is 5.51. The van der Waals surface area contributed by atoms with E-state index >= 15 is 0 Å². The average molecular weight is 278 g/mol. The van der Waals surface area contributed by atoms with E-state index in [4.69, 9.17) is 4.74 Å². The molecule has 0 bridgehead atoms. The fraction of sp³-hybridized carbons (Fsp3) is 0.700. The van der Waals surface area contributed by atoms with Crippen LogP contribution in [0.1, 0.15) is 33.6 Å². The van der Waals surface area contributed by atoms with E-state index in [1.807, 2.05) is 0 Å². The summed E-state index contributed by atoms with van der Waals surface area (Å²) in [7, 11) is 0. The topological polar surface area (TPSA) is 118 Å². The van der Waals surface area contributed by atoms with Crippen LogP contribution >= 0.6 is 0 Å². The number of carbonyl (C=O) groups excluding carboxylic acids is 3. The van der Waals surface area contributed by atoms with Crippen molar-refractivity contribution in [1.29, 1.82) is 0 Å². The van der Waals surface area contributed by atoms with Crippen LogP contribution in [0.3, 0.4) is 0 Å². The molecule has 1 atom stereocenters. The number of rotatable bonds is 2. The number of hydrogen-bond donors (Lipinski definition) is 1. The van der Waals surface area contributed by atoms with Gasteiger partial charge in [0.25, 0.3) is 0 Å². The fourth-order valence-corrected chi connectivity index (χ4v) is 1.27. The van der Waals surface area contributed by atoms with E-state index in [1.165, 1.54) is 0 Å². The van der Waals surface area contributed by atoms with Crippen molar-refractivity contribution in [1.82, 2.24) is 0 Å². The summed E-state index contributed by atoms with van der Waals surface area (Å²) >= 11 is 0. The van der Waals surface area contributed by atoms with Gasteiger partial charge in [-0.25, -0.2) is 9.59 Å². The van der Waals surface area contributed by atoms with Crippen molar-refractivity contribution >= 4 is 17.9 Å². The van der Waals surface area contributed by atoms with Crippen LogP contribution in [-0.2, 0) is 39.0 Å². The maximum absolute atomic E-state index is 11.6. The molecule has 0 radical (unpaired) electrons. The lowest BCUT2D eigenvalue weighted by atomic mass is 9.95. The zero-order valence-electron chi connectivity index (χ0n) is 10.6. The summed E-state index contributed by atoms with van der Waals surface area (Å²) in [5.74, 6) is -3.36. The number of aliphatic hydroxyl groups is 1. The summed E-state index contributed by atoms with van der Waals surface area (Å²) in [5.41, 5.74) is -3.25. The van der Waals surface area contributed by atoms with Gasteiger partial charge in [-0.15, -0.1) is 0 Å². The van der Waals surface area contributed by atoms with E-state index in [2.05, 4.69) is 19.9 Å². The molecule has 0 saturated carbocycles. The van der Waals surface area contributed by atoms with Crippen LogP contribution < -0.4 is 0 Å². The summed E-state index contributed by atoms with van der Waals surface area (Å²) < 4.78 is 4.93. The van der Waals surface area contributed by atoms with Gasteiger partial charge in [0.15, 0.2) is 5.60 Å². The molecule has 0 aliphatic carbocycles. The first-order valence-corrected chi connectivity index (χ1v) is 5.32. The van der Waals surface area contributed by atoms with Gasteiger partial charge in [0.2, 0.25) is 0 Å². The second-order valence-corrected chi connectivity index (χ2v) is 4.93. The molecule has 19 heavy (non-hydrogen) atoms. The highest BCUT2D eigenvalue weighted by molar-refractivity contribution is 5.89. The van der Waals surface area contributed by atoms with Crippen molar-refractivity contribution in [2.75, 3.05) is 0 Å². The zero-order valence-corrected chi connectivity index (χ0v) is 10.6. The summed E-state index contributed by atoms with van der Waals surface area (Å²) in [6.07, 6.45) is -1.63. The minimum Gasteiger partial charge on any atom is -0.460 e. The van der Waals surface area contributed by atoms with E-state index in [0.717, 1.165) is 0 Å². The van der Waals surface area contributed by atoms with Crippen LogP contribution in [0.15, 0.2) is 0 Å². The number of ether oxygens (including phenoxy) is 1. The van der Waals surface area contributed by atoms with Crippen molar-refractivity contribution in [2.24, 2.45) is 0 Å². The molecular weight excluding hydrogens is 264 g/mol. The van der Waals surface area contributed by atoms with Gasteiger partial charge in [0.05, 0.1) is 12.8 Å². The number of esters is 1. The summed E-state index contributed by atoms with van der Waals surface area (Å²) in [4.78, 5) is 42.1. The molecular formula is C10H14O9. The Labute approximate surface area is 108 Å². The Morgan fingerprint density at radius 3 is 2.47 bits per heavy atom. The van der Waals surface area contributed by atoms with Gasteiger partial charge in [-0.2, -0.15) is 0 Å². The lowest BCUT2D eigenvalue weighted by Gasteiger charge is -2.26. The molecule has 9 nitrogen and oxygen atoms in total. The Hall–Kier alpha value is -1.71. The van der Waals surface area contributed by atoms with Gasteiger partial charge in [0, 0.05) is 10.1 Å². The first-order valence-electron chi connectivity index (χ1n) is 5.32. The molecule has 1 unspecified atom stereocenters. The molecule has 1 heterocycles. The summed E-state index contributed by atoms with van der Waals surface area (Å²) in [5, 5.41) is 17.4. The Morgan fingerprint density at radius 1 is 1.32 bits per heavy atom. The van der Waals surface area contributed by atoms with E-state index in [1.54, 1.807) is 20.8 Å². The highest BCUT2D eigenvalue weighted by Gasteiger charge is 2.46. The Balaban J connectivity index is 2.77. The molecule has 0 aromatic heterocycles. The van der Waals surface area contributed by atoms with Crippen molar-refractivity contribution in [3.63, 3.8) is 0 Å². The Bertz CT molecular complexity index is 383. The Morgan fingerprint density at radius 2 is 1.89 bits per heavy atom. The minimum atomic E-state index is -2.44. The maximum Gasteiger partial charge on any atom is 0.378 e. The van der Waals surface area contributed by atoms with Gasteiger partial charge in [0.1, 0.15) is 5.60 Å². The van der Waals surface area contributed by atoms with Gasteiger partial charge >= 0.3 is 17.9 Å². The van der Waals surface area contributed by atoms with E-state index < -0.39 is 42.0 Å². The molecule has 1 fully saturated rings. The molecule has 0 aromatic carbocycles. The van der Waals surface area contributed by atoms with Gasteiger partial charge in [-0.05, 0) is 20.8 Å². The number of hydrogen-bond acceptors (Lipinski definition) is 9. The standard InChI is InChI=1S/C10H14O9/c1-9(2,3)15-6(11)4-10(14)5-7(12)16-18-19-17-8(10)13/h14H,4-5H2,1-3H3. The molecule has 1 aliphatic heterocycles. The van der Waals surface area contributed by atoms with Crippen LogP contribution in [0, 0.1) is 0 Å². The van der Waals surface area contributed by atoms with Crippen LogP contribution in [0.2, 0.25) is 0 Å². The SMILES string of the molecule is CC(C)(C)OC(=O)CC1(O)CC(=O)OOOOC1=O. The lowest BCUT2D eigenvalue weighted by molar-refractivity contribution is -0.604. The summed E-state index contributed by atoms with van der Waals surface area (Å²) in [6, 6.07) is 0. The highest BCUT2D eigenvalue weighted by atomic mass is 17.7. The van der Waals surface area contributed by atoms with Crippen molar-refractivity contribution < 1.29 is 44.1 Å². The highest BCUT2D eigenvalue weighted by Crippen LogP contribution is 2.23. The molecule has 0 amide bonds. The molecule has 0 aromatic rings. The predicted molar refractivity (Wildman–Crippen MR) is 54.4 cm³/mol. The average Bonchev–Trinajstić information content (AvgIpc) is 2.19. The molecule has 1 saturated heterocycles. The van der Waals surface area contributed by atoms with E-state index in [-0.39, 0.29) is 0 Å². The third-order valence-corrected chi connectivity index (χ3v) is 1.94. The smallest absolute Gasteiger partial charge is 0.378 e. The summed E-state index contributed by atoms with van der Waals surface area (Å²) in [6.45, 7) is 4.82. The fourth-order valence-electron chi connectivity index (χ4n) is 1.27. The van der Waals surface area contributed by atoms with E-state index in [0.29, 0.717) is 0 Å². The normalized spacial score (nSPS) is 24.8. The third kappa shape index (κ3) is 4.81. The first kappa shape index (κ1) is 15.3. The predicted octanol–water partition coefficient (Wildman–Crippen LogP) is -0.282. The third-order valence-electron chi connectivity index (χ3n) is 1.94. The van der Waals surface area contributed by atoms with Crippen LogP contribution in [0.5, 0.6) is 0 Å². The van der Waals surface area contributed by atoms with E-state index in [9.17, 15) is 19.5 Å². The maximum atomic E-state index is 11.6. The molecule has 108 valence electrons. The van der Waals surface area contributed by atoms with Crippen molar-refractivity contribution in [2.45, 2.75) is 44.8 Å². The quantitative estimate of drug-likeness (QED) is 0.537. The van der Waals surface area contributed by atoms with Crippen LogP contribution in [-0.4, -0.2) is 34.2 Å². The molecule has 1 N–H and O–H groups in total. The van der Waals surface area contributed by atoms with Crippen molar-refractivity contribution in [3.05, 3.63) is 0 Å². The lowest BCUT2D eigenvalue weighted by Crippen LogP contribution is -2.46. The van der Waals surface area contributed by atoms with Crippen molar-refractivity contribution in [3.8, 4) is 0 Å². The molecule has 9 heteroatoms. The zero-order chi connectivity index (χ0) is 14.7. The molecule has 1 aliphatic rings. The number of carbonyl (C=O) groups is 3. The second-order valence-electron chi connectivity index (χ2n) is 4.93. The van der Waals surface area contributed by atoms with Gasteiger partial charge < -0.3 is 9.84 Å². The first-order chi connectivity index (χ1) is 8.62. The van der Waals surface area contributed by atoms with Crippen LogP contribution in [0.25, 0.3) is 0 Å². The van der Waals surface area contributed by atoms with Gasteiger partial charge in [-0.3, -0.25) is 14.6 Å². The Kier molecular flexibility index (Phi) is 4.45.